The second kappa shape index (κ2) is 6.56. The van der Waals surface area contributed by atoms with Crippen molar-refractivity contribution in [3.63, 3.8) is 0 Å². The predicted octanol–water partition coefficient (Wildman–Crippen LogP) is 3.19. The fourth-order valence-electron chi connectivity index (χ4n) is 2.08. The normalized spacial score (nSPS) is 10.4. The number of ketones is 1. The third-order valence-corrected chi connectivity index (χ3v) is 3.51. The quantitative estimate of drug-likeness (QED) is 0.794. The summed E-state index contributed by atoms with van der Waals surface area (Å²) in [5.41, 5.74) is 3.90. The molecule has 0 N–H and O–H groups in total. The first-order valence-electron chi connectivity index (χ1n) is 7.05. The largest absolute Gasteiger partial charge is 0.497 e. The highest BCUT2D eigenvalue weighted by Gasteiger charge is 2.12. The lowest BCUT2D eigenvalue weighted by Gasteiger charge is -2.13. The fraction of sp³-hybridized carbons (Fsp3) is 0.353. The molecular formula is C17H20N2O3. The lowest BCUT2D eigenvalue weighted by molar-refractivity contribution is 0.101. The molecule has 2 rings (SSSR count). The zero-order chi connectivity index (χ0) is 16.3. The Kier molecular flexibility index (Phi) is 4.75. The van der Waals surface area contributed by atoms with Crippen molar-refractivity contribution in [2.45, 2.75) is 34.3 Å². The van der Waals surface area contributed by atoms with Crippen molar-refractivity contribution < 1.29 is 14.3 Å². The van der Waals surface area contributed by atoms with Crippen LogP contribution >= 0.6 is 0 Å². The van der Waals surface area contributed by atoms with Gasteiger partial charge in [-0.15, -0.1) is 0 Å². The monoisotopic (exact) mass is 300 g/mol. The van der Waals surface area contributed by atoms with Gasteiger partial charge in [-0.05, 0) is 39.8 Å². The number of methoxy groups -OCH3 is 1. The van der Waals surface area contributed by atoms with Crippen LogP contribution in [0.2, 0.25) is 0 Å². The number of Topliss-reactive ketones (excluding diaryl/α,β-unsaturated/α-hetero) is 1. The first-order valence-corrected chi connectivity index (χ1v) is 7.05. The van der Waals surface area contributed by atoms with E-state index in [-0.39, 0.29) is 12.4 Å². The number of ether oxygens (including phenoxy) is 2. The lowest BCUT2D eigenvalue weighted by atomic mass is 10.1. The van der Waals surface area contributed by atoms with Gasteiger partial charge in [0, 0.05) is 6.07 Å². The van der Waals surface area contributed by atoms with Crippen molar-refractivity contribution in [2.24, 2.45) is 0 Å². The highest BCUT2D eigenvalue weighted by atomic mass is 16.5. The highest BCUT2D eigenvalue weighted by molar-refractivity contribution is 5.97. The third kappa shape index (κ3) is 3.42. The fourth-order valence-corrected chi connectivity index (χ4v) is 2.08. The van der Waals surface area contributed by atoms with Crippen LogP contribution in [0, 0.1) is 20.8 Å². The van der Waals surface area contributed by atoms with Gasteiger partial charge in [0.1, 0.15) is 18.1 Å². The number of aromatic nitrogens is 2. The Morgan fingerprint density at radius 1 is 1.09 bits per heavy atom. The third-order valence-electron chi connectivity index (χ3n) is 3.51. The molecule has 0 fully saturated rings. The molecule has 0 aliphatic rings. The van der Waals surface area contributed by atoms with Gasteiger partial charge in [-0.3, -0.25) is 14.8 Å². The van der Waals surface area contributed by atoms with Crippen molar-refractivity contribution in [3.05, 3.63) is 46.5 Å². The molecule has 0 aliphatic carbocycles. The van der Waals surface area contributed by atoms with Crippen molar-refractivity contribution >= 4 is 5.78 Å². The molecule has 0 saturated carbocycles. The van der Waals surface area contributed by atoms with Gasteiger partial charge in [0.05, 0.1) is 35.4 Å². The minimum atomic E-state index is -0.0551. The van der Waals surface area contributed by atoms with E-state index >= 15 is 0 Å². The Labute approximate surface area is 130 Å². The summed E-state index contributed by atoms with van der Waals surface area (Å²) in [7, 11) is 1.57. The van der Waals surface area contributed by atoms with Gasteiger partial charge in [0.15, 0.2) is 5.78 Å². The Balaban J connectivity index is 2.27. The topological polar surface area (TPSA) is 61.3 Å². The summed E-state index contributed by atoms with van der Waals surface area (Å²) in [6.45, 7) is 7.51. The summed E-state index contributed by atoms with van der Waals surface area (Å²) in [5, 5.41) is 0. The van der Waals surface area contributed by atoms with Crippen LogP contribution in [0.1, 0.15) is 40.1 Å². The van der Waals surface area contributed by atoms with Gasteiger partial charge in [-0.1, -0.05) is 0 Å². The molecular weight excluding hydrogens is 280 g/mol. The van der Waals surface area contributed by atoms with E-state index in [1.165, 1.54) is 6.92 Å². The van der Waals surface area contributed by atoms with Gasteiger partial charge in [0.2, 0.25) is 0 Å². The van der Waals surface area contributed by atoms with Crippen LogP contribution in [0.3, 0.4) is 0 Å². The predicted molar refractivity (Wildman–Crippen MR) is 83.6 cm³/mol. The van der Waals surface area contributed by atoms with E-state index in [2.05, 4.69) is 9.97 Å². The zero-order valence-corrected chi connectivity index (χ0v) is 13.6. The first kappa shape index (κ1) is 15.9. The lowest BCUT2D eigenvalue weighted by Crippen LogP contribution is -2.08. The standard InChI is InChI=1S/C17H20N2O3/c1-10-11(2)19-16(12(3)18-10)9-22-17-8-14(21-5)6-7-15(17)13(4)20/h6-8H,9H2,1-5H3. The number of aryl methyl sites for hydroxylation is 3. The molecule has 1 aromatic carbocycles. The Hall–Kier alpha value is -2.43. The SMILES string of the molecule is COc1ccc(C(C)=O)c(OCc2nc(C)c(C)nc2C)c1. The molecule has 0 aliphatic heterocycles. The molecule has 5 heteroatoms. The van der Waals surface area contributed by atoms with E-state index in [1.807, 2.05) is 20.8 Å². The first-order chi connectivity index (χ1) is 10.4. The van der Waals surface area contributed by atoms with Crippen LogP contribution < -0.4 is 9.47 Å². The summed E-state index contributed by atoms with van der Waals surface area (Å²) in [6.07, 6.45) is 0. The summed E-state index contributed by atoms with van der Waals surface area (Å²) < 4.78 is 11.0. The minimum Gasteiger partial charge on any atom is -0.497 e. The van der Waals surface area contributed by atoms with E-state index in [0.29, 0.717) is 17.1 Å². The summed E-state index contributed by atoms with van der Waals surface area (Å²) in [5.74, 6) is 1.08. The van der Waals surface area contributed by atoms with Gasteiger partial charge < -0.3 is 9.47 Å². The molecule has 0 atom stereocenters. The maximum absolute atomic E-state index is 11.7. The second-order valence-corrected chi connectivity index (χ2v) is 5.13. The van der Waals surface area contributed by atoms with Crippen molar-refractivity contribution in [1.29, 1.82) is 0 Å². The molecule has 0 amide bonds. The number of hydrogen-bond acceptors (Lipinski definition) is 5. The Morgan fingerprint density at radius 3 is 2.41 bits per heavy atom. The van der Waals surface area contributed by atoms with E-state index in [9.17, 15) is 4.79 Å². The molecule has 0 spiro atoms. The maximum atomic E-state index is 11.7. The van der Waals surface area contributed by atoms with Crippen molar-refractivity contribution in [3.8, 4) is 11.5 Å². The molecule has 5 nitrogen and oxygen atoms in total. The molecule has 2 aromatic rings. The second-order valence-electron chi connectivity index (χ2n) is 5.13. The molecule has 0 unspecified atom stereocenters. The maximum Gasteiger partial charge on any atom is 0.163 e. The highest BCUT2D eigenvalue weighted by Crippen LogP contribution is 2.26. The van der Waals surface area contributed by atoms with E-state index in [0.717, 1.165) is 22.8 Å². The molecule has 116 valence electrons. The smallest absolute Gasteiger partial charge is 0.163 e. The average molecular weight is 300 g/mol. The van der Waals surface area contributed by atoms with E-state index < -0.39 is 0 Å². The number of rotatable bonds is 5. The number of carbonyl (C=O) groups excluding carboxylic acids is 1. The van der Waals surface area contributed by atoms with Crippen LogP contribution in [0.5, 0.6) is 11.5 Å². The van der Waals surface area contributed by atoms with Gasteiger partial charge >= 0.3 is 0 Å². The summed E-state index contributed by atoms with van der Waals surface area (Å²) in [4.78, 5) is 20.6. The average Bonchev–Trinajstić information content (AvgIpc) is 2.49. The molecule has 0 bridgehead atoms. The number of carbonyl (C=O) groups is 1. The van der Waals surface area contributed by atoms with Crippen LogP contribution in [-0.4, -0.2) is 22.9 Å². The van der Waals surface area contributed by atoms with Gasteiger partial charge in [0.25, 0.3) is 0 Å². The summed E-state index contributed by atoms with van der Waals surface area (Å²) in [6, 6.07) is 5.15. The molecule has 0 radical (unpaired) electrons. The van der Waals surface area contributed by atoms with Crippen LogP contribution in [0.4, 0.5) is 0 Å². The molecule has 0 saturated heterocycles. The molecule has 1 aromatic heterocycles. The number of nitrogens with zero attached hydrogens (tertiary/aromatic N) is 2. The van der Waals surface area contributed by atoms with E-state index in [1.54, 1.807) is 25.3 Å². The van der Waals surface area contributed by atoms with Gasteiger partial charge in [-0.25, -0.2) is 0 Å². The van der Waals surface area contributed by atoms with E-state index in [4.69, 9.17) is 9.47 Å². The number of benzene rings is 1. The Morgan fingerprint density at radius 2 is 1.77 bits per heavy atom. The zero-order valence-electron chi connectivity index (χ0n) is 13.6. The van der Waals surface area contributed by atoms with Crippen LogP contribution in [0.15, 0.2) is 18.2 Å². The minimum absolute atomic E-state index is 0.0551. The van der Waals surface area contributed by atoms with Crippen LogP contribution in [-0.2, 0) is 6.61 Å². The van der Waals surface area contributed by atoms with Gasteiger partial charge in [-0.2, -0.15) is 0 Å². The Bertz CT molecular complexity index is 711. The number of hydrogen-bond donors (Lipinski definition) is 0. The van der Waals surface area contributed by atoms with Crippen molar-refractivity contribution in [1.82, 2.24) is 9.97 Å². The van der Waals surface area contributed by atoms with Crippen LogP contribution in [0.25, 0.3) is 0 Å². The summed E-state index contributed by atoms with van der Waals surface area (Å²) >= 11 is 0. The molecule has 22 heavy (non-hydrogen) atoms. The molecule has 1 heterocycles. The van der Waals surface area contributed by atoms with Crippen molar-refractivity contribution in [2.75, 3.05) is 7.11 Å².